The van der Waals surface area contributed by atoms with Crippen LogP contribution in [0.25, 0.3) is 54.4 Å². The number of hydrogen-bond acceptors (Lipinski definition) is 2. The van der Waals surface area contributed by atoms with Crippen molar-refractivity contribution < 1.29 is 35.8 Å². The van der Waals surface area contributed by atoms with Crippen LogP contribution in [0.3, 0.4) is 0 Å². The van der Waals surface area contributed by atoms with Crippen molar-refractivity contribution in [2.75, 3.05) is 0 Å². The molecule has 6 aromatic rings. The third-order valence-electron chi connectivity index (χ3n) is 7.70. The number of aromatic amines is 2. The van der Waals surface area contributed by atoms with Crippen molar-refractivity contribution in [3.8, 4) is 11.5 Å². The molecule has 0 bridgehead atoms. The Morgan fingerprint density at radius 2 is 1.02 bits per heavy atom. The van der Waals surface area contributed by atoms with Gasteiger partial charge in [-0.3, -0.25) is 0 Å². The van der Waals surface area contributed by atoms with Crippen LogP contribution in [-0.2, 0) is 12.8 Å². The maximum atomic E-state index is 13.1. The van der Waals surface area contributed by atoms with Gasteiger partial charge in [0.25, 0.3) is 0 Å². The first-order valence-corrected chi connectivity index (χ1v) is 14.0. The first-order chi connectivity index (χ1) is 20.0. The zero-order valence-corrected chi connectivity index (χ0v) is 22.9. The van der Waals surface area contributed by atoms with Crippen LogP contribution >= 0.6 is 0 Å². The standard InChI is InChI=1S/C32H28F6N2O2/c1-3-5-7-17-13-19-14-18(8-6-4-2)27-23-16-21(42-32(36,37)38)10-12-25(23)40-30(27)28(19)29-26(17)22-15-20(41-31(33,34)35)9-11-24(22)39-29/h9-16,39-40H,3-8H2,1-2H3. The van der Waals surface area contributed by atoms with Gasteiger partial charge in [-0.15, -0.1) is 26.3 Å². The van der Waals surface area contributed by atoms with Gasteiger partial charge in [0.15, 0.2) is 0 Å². The maximum Gasteiger partial charge on any atom is 0.573 e. The molecule has 0 aliphatic heterocycles. The molecule has 0 spiro atoms. The minimum atomic E-state index is -4.82. The fourth-order valence-corrected chi connectivity index (χ4v) is 6.03. The summed E-state index contributed by atoms with van der Waals surface area (Å²) in [4.78, 5) is 6.88. The Bertz CT molecular complexity index is 1810. The van der Waals surface area contributed by atoms with E-state index in [1.54, 1.807) is 12.1 Å². The number of fused-ring (bicyclic) bond motifs is 9. The van der Waals surface area contributed by atoms with Crippen LogP contribution in [-0.4, -0.2) is 22.7 Å². The molecule has 0 unspecified atom stereocenters. The molecule has 2 heterocycles. The van der Waals surface area contributed by atoms with Gasteiger partial charge in [-0.2, -0.15) is 0 Å². The van der Waals surface area contributed by atoms with Gasteiger partial charge in [0, 0.05) is 38.0 Å². The smallest absolute Gasteiger partial charge is 0.406 e. The van der Waals surface area contributed by atoms with Crippen molar-refractivity contribution in [1.82, 2.24) is 9.97 Å². The number of aryl methyl sites for hydroxylation is 2. The van der Waals surface area contributed by atoms with Gasteiger partial charge in [0.05, 0.1) is 11.0 Å². The molecule has 6 rings (SSSR count). The monoisotopic (exact) mass is 586 g/mol. The summed E-state index contributed by atoms with van der Waals surface area (Å²) in [5.74, 6) is -0.611. The molecule has 2 N–H and O–H groups in total. The summed E-state index contributed by atoms with van der Waals surface area (Å²) in [6, 6.07) is 12.7. The first kappa shape index (κ1) is 28.1. The molecule has 0 aliphatic carbocycles. The fraction of sp³-hybridized carbons (Fsp3) is 0.312. The van der Waals surface area contributed by atoms with Gasteiger partial charge < -0.3 is 19.4 Å². The number of aromatic nitrogens is 2. The number of hydrogen-bond donors (Lipinski definition) is 2. The van der Waals surface area contributed by atoms with Crippen LogP contribution < -0.4 is 9.47 Å². The van der Waals surface area contributed by atoms with Crippen molar-refractivity contribution in [1.29, 1.82) is 0 Å². The summed E-state index contributed by atoms with van der Waals surface area (Å²) < 4.78 is 86.8. The van der Waals surface area contributed by atoms with E-state index in [9.17, 15) is 26.3 Å². The minimum absolute atomic E-state index is 0.305. The van der Waals surface area contributed by atoms with Crippen LogP contribution in [0.2, 0.25) is 0 Å². The van der Waals surface area contributed by atoms with Gasteiger partial charge in [-0.1, -0.05) is 38.8 Å². The highest BCUT2D eigenvalue weighted by Crippen LogP contribution is 2.43. The number of nitrogens with one attached hydrogen (secondary N) is 2. The second-order valence-electron chi connectivity index (χ2n) is 10.6. The molecule has 0 saturated heterocycles. The van der Waals surface area contributed by atoms with Gasteiger partial charge in [-0.05, 0) is 78.6 Å². The van der Waals surface area contributed by atoms with Gasteiger partial charge in [-0.25, -0.2) is 0 Å². The van der Waals surface area contributed by atoms with E-state index in [1.165, 1.54) is 24.3 Å². The van der Waals surface area contributed by atoms with Crippen molar-refractivity contribution in [2.24, 2.45) is 0 Å². The fourth-order valence-electron chi connectivity index (χ4n) is 6.03. The molecule has 220 valence electrons. The van der Waals surface area contributed by atoms with Crippen LogP contribution in [0, 0.1) is 0 Å². The molecule has 0 fully saturated rings. The average Bonchev–Trinajstić information content (AvgIpc) is 3.47. The Balaban J connectivity index is 1.70. The van der Waals surface area contributed by atoms with E-state index in [-0.39, 0.29) is 11.5 Å². The lowest BCUT2D eigenvalue weighted by atomic mass is 9.92. The topological polar surface area (TPSA) is 50.0 Å². The van der Waals surface area contributed by atoms with E-state index in [2.05, 4.69) is 45.4 Å². The van der Waals surface area contributed by atoms with Crippen molar-refractivity contribution in [3.63, 3.8) is 0 Å². The second kappa shape index (κ2) is 10.3. The van der Waals surface area contributed by atoms with Crippen LogP contribution in [0.15, 0.2) is 48.5 Å². The van der Waals surface area contributed by atoms with E-state index >= 15 is 0 Å². The lowest BCUT2D eigenvalue weighted by Crippen LogP contribution is -2.16. The van der Waals surface area contributed by atoms with Crippen molar-refractivity contribution in [3.05, 3.63) is 59.7 Å². The number of unbranched alkanes of at least 4 members (excludes halogenated alkanes) is 2. The SMILES string of the molecule is CCCCc1cc2cc(CCCC)c3c4cc(OC(F)(F)F)ccc4[nH]c3c2c2[nH]c3ccc(OC(F)(F)F)cc3c12. The molecule has 0 saturated carbocycles. The average molecular weight is 587 g/mol. The van der Waals surface area contributed by atoms with Crippen molar-refractivity contribution in [2.45, 2.75) is 65.1 Å². The summed E-state index contributed by atoms with van der Waals surface area (Å²) in [6.07, 6.45) is -4.52. The quantitative estimate of drug-likeness (QED) is 0.174. The highest BCUT2D eigenvalue weighted by atomic mass is 19.4. The molecule has 0 radical (unpaired) electrons. The zero-order chi connectivity index (χ0) is 29.8. The molecular formula is C32H28F6N2O2. The normalized spacial score (nSPS) is 12.9. The van der Waals surface area contributed by atoms with E-state index in [0.717, 1.165) is 82.2 Å². The van der Waals surface area contributed by atoms with Gasteiger partial charge >= 0.3 is 12.7 Å². The number of H-pyrrole nitrogens is 2. The number of alkyl halides is 6. The number of halogens is 6. The third kappa shape index (κ3) is 5.18. The Morgan fingerprint density at radius 3 is 1.40 bits per heavy atom. The van der Waals surface area contributed by atoms with Gasteiger partial charge in [0.1, 0.15) is 11.5 Å². The van der Waals surface area contributed by atoms with E-state index in [1.807, 2.05) is 0 Å². The summed E-state index contributed by atoms with van der Waals surface area (Å²) in [5, 5.41) is 4.61. The van der Waals surface area contributed by atoms with Crippen LogP contribution in [0.1, 0.15) is 50.7 Å². The first-order valence-electron chi connectivity index (χ1n) is 14.0. The molecule has 10 heteroatoms. The van der Waals surface area contributed by atoms with E-state index in [4.69, 9.17) is 0 Å². The number of ether oxygens (including phenoxy) is 2. The Kier molecular flexibility index (Phi) is 6.90. The maximum absolute atomic E-state index is 13.1. The predicted octanol–water partition coefficient (Wildman–Crippen LogP) is 10.6. The Hall–Kier alpha value is -4.08. The van der Waals surface area contributed by atoms with Crippen LogP contribution in [0.5, 0.6) is 11.5 Å². The lowest BCUT2D eigenvalue weighted by Gasteiger charge is -2.13. The Morgan fingerprint density at radius 1 is 0.595 bits per heavy atom. The minimum Gasteiger partial charge on any atom is -0.406 e. The summed E-state index contributed by atoms with van der Waals surface area (Å²) in [6.45, 7) is 4.16. The third-order valence-corrected chi connectivity index (χ3v) is 7.70. The highest BCUT2D eigenvalue weighted by Gasteiger charge is 2.32. The highest BCUT2D eigenvalue weighted by molar-refractivity contribution is 6.28. The molecule has 2 aromatic heterocycles. The molecule has 4 nitrogen and oxygen atoms in total. The second-order valence-corrected chi connectivity index (χ2v) is 10.6. The molecule has 42 heavy (non-hydrogen) atoms. The molecule has 4 aromatic carbocycles. The van der Waals surface area contributed by atoms with Gasteiger partial charge in [0.2, 0.25) is 0 Å². The van der Waals surface area contributed by atoms with E-state index < -0.39 is 12.7 Å². The molecule has 0 aliphatic rings. The Labute approximate surface area is 236 Å². The van der Waals surface area contributed by atoms with Crippen molar-refractivity contribution >= 4 is 54.4 Å². The molecule has 0 atom stereocenters. The largest absolute Gasteiger partial charge is 0.573 e. The summed E-state index contributed by atoms with van der Waals surface area (Å²) >= 11 is 0. The summed E-state index contributed by atoms with van der Waals surface area (Å²) in [5.41, 5.74) is 4.83. The number of benzene rings is 4. The number of rotatable bonds is 8. The summed E-state index contributed by atoms with van der Waals surface area (Å²) in [7, 11) is 0. The predicted molar refractivity (Wildman–Crippen MR) is 153 cm³/mol. The molecular weight excluding hydrogens is 558 g/mol. The zero-order valence-electron chi connectivity index (χ0n) is 22.9. The van der Waals surface area contributed by atoms with E-state index in [0.29, 0.717) is 21.8 Å². The van der Waals surface area contributed by atoms with Crippen LogP contribution in [0.4, 0.5) is 26.3 Å². The molecule has 0 amide bonds. The lowest BCUT2D eigenvalue weighted by molar-refractivity contribution is -0.275.